The van der Waals surface area contributed by atoms with Gasteiger partial charge >= 0.3 is 0 Å². The highest BCUT2D eigenvalue weighted by Crippen LogP contribution is 2.21. The first-order valence-corrected chi connectivity index (χ1v) is 9.79. The van der Waals surface area contributed by atoms with Gasteiger partial charge in [-0.05, 0) is 30.7 Å². The van der Waals surface area contributed by atoms with Crippen LogP contribution in [-0.4, -0.2) is 30.8 Å². The molecule has 6 heteroatoms. The number of para-hydroxylation sites is 3. The van der Waals surface area contributed by atoms with Crippen LogP contribution in [-0.2, 0) is 23.3 Å². The number of nitrogens with zero attached hydrogens (tertiary/aromatic N) is 2. The molecule has 0 saturated carbocycles. The maximum Gasteiger partial charge on any atom is 0.177 e. The summed E-state index contributed by atoms with van der Waals surface area (Å²) in [7, 11) is -1.20. The highest BCUT2D eigenvalue weighted by atomic mass is 32.2. The second-order valence-corrected chi connectivity index (χ2v) is 7.86. The van der Waals surface area contributed by atoms with Crippen LogP contribution in [0.15, 0.2) is 53.4 Å². The number of benzene rings is 2. The molecule has 0 amide bonds. The molecule has 0 spiro atoms. The van der Waals surface area contributed by atoms with E-state index in [-0.39, 0.29) is 0 Å². The van der Waals surface area contributed by atoms with E-state index in [1.807, 2.05) is 31.3 Å². The number of aryl methyl sites for hydroxylation is 2. The predicted octanol–water partition coefficient (Wildman–Crippen LogP) is 3.02. The average molecular weight is 343 g/mol. The zero-order valence-electron chi connectivity index (χ0n) is 13.9. The second kappa shape index (κ2) is 6.65. The number of anilines is 1. The van der Waals surface area contributed by atoms with Crippen LogP contribution in [0.2, 0.25) is 0 Å². The van der Waals surface area contributed by atoms with Gasteiger partial charge in [-0.25, -0.2) is 13.4 Å². The van der Waals surface area contributed by atoms with Crippen molar-refractivity contribution in [2.24, 2.45) is 7.05 Å². The van der Waals surface area contributed by atoms with E-state index in [0.717, 1.165) is 29.7 Å². The molecule has 24 heavy (non-hydrogen) atoms. The molecule has 0 radical (unpaired) electrons. The van der Waals surface area contributed by atoms with Crippen molar-refractivity contribution < 1.29 is 8.42 Å². The first kappa shape index (κ1) is 16.5. The highest BCUT2D eigenvalue weighted by Gasteiger charge is 2.12. The Morgan fingerprint density at radius 2 is 1.79 bits per heavy atom. The lowest BCUT2D eigenvalue weighted by molar-refractivity contribution is 0.602. The molecule has 0 saturated heterocycles. The SMILES string of the molecule is Cn1c(CCCNc2ccccc2S(C)(=O)=O)nc2ccccc21. The first-order valence-electron chi connectivity index (χ1n) is 7.90. The molecule has 0 aliphatic heterocycles. The van der Waals surface area contributed by atoms with Gasteiger partial charge in [0.25, 0.3) is 0 Å². The first-order chi connectivity index (χ1) is 11.5. The number of aromatic nitrogens is 2. The minimum atomic E-state index is -3.23. The van der Waals surface area contributed by atoms with E-state index in [9.17, 15) is 8.42 Å². The summed E-state index contributed by atoms with van der Waals surface area (Å²) in [6.07, 6.45) is 2.93. The zero-order chi connectivity index (χ0) is 17.2. The Bertz CT molecular complexity index is 961. The highest BCUT2D eigenvalue weighted by molar-refractivity contribution is 7.90. The molecule has 5 nitrogen and oxygen atoms in total. The van der Waals surface area contributed by atoms with Crippen molar-refractivity contribution in [1.82, 2.24) is 9.55 Å². The molecule has 3 aromatic rings. The summed E-state index contributed by atoms with van der Waals surface area (Å²) < 4.78 is 25.7. The molecule has 1 N–H and O–H groups in total. The number of hydrogen-bond acceptors (Lipinski definition) is 4. The maximum absolute atomic E-state index is 11.8. The van der Waals surface area contributed by atoms with Gasteiger partial charge in [0.15, 0.2) is 9.84 Å². The van der Waals surface area contributed by atoms with Crippen LogP contribution < -0.4 is 5.32 Å². The van der Waals surface area contributed by atoms with E-state index in [1.54, 1.807) is 18.2 Å². The van der Waals surface area contributed by atoms with E-state index in [4.69, 9.17) is 0 Å². The summed E-state index contributed by atoms with van der Waals surface area (Å²) in [6, 6.07) is 15.1. The van der Waals surface area contributed by atoms with Crippen molar-refractivity contribution in [2.45, 2.75) is 17.7 Å². The quantitative estimate of drug-likeness (QED) is 0.699. The molecular weight excluding hydrogens is 322 g/mol. The lowest BCUT2D eigenvalue weighted by Crippen LogP contribution is -2.09. The molecule has 126 valence electrons. The lowest BCUT2D eigenvalue weighted by atomic mass is 10.2. The van der Waals surface area contributed by atoms with Gasteiger partial charge in [-0.2, -0.15) is 0 Å². The molecule has 3 rings (SSSR count). The monoisotopic (exact) mass is 343 g/mol. The van der Waals surface area contributed by atoms with Crippen molar-refractivity contribution in [3.63, 3.8) is 0 Å². The Hall–Kier alpha value is -2.34. The topological polar surface area (TPSA) is 64.0 Å². The van der Waals surface area contributed by atoms with Gasteiger partial charge in [0.1, 0.15) is 5.82 Å². The van der Waals surface area contributed by atoms with Crippen molar-refractivity contribution in [1.29, 1.82) is 0 Å². The Morgan fingerprint density at radius 1 is 1.08 bits per heavy atom. The number of hydrogen-bond donors (Lipinski definition) is 1. The minimum Gasteiger partial charge on any atom is -0.384 e. The standard InChI is InChI=1S/C18H21N3O2S/c1-21-16-10-5-3-8-14(16)20-18(21)12-7-13-19-15-9-4-6-11-17(15)24(2,22)23/h3-6,8-11,19H,7,12-13H2,1-2H3. The molecule has 1 heterocycles. The third-order valence-corrected chi connectivity index (χ3v) is 5.21. The van der Waals surface area contributed by atoms with E-state index >= 15 is 0 Å². The fourth-order valence-electron chi connectivity index (χ4n) is 2.82. The van der Waals surface area contributed by atoms with Gasteiger partial charge in [0.2, 0.25) is 0 Å². The molecule has 2 aromatic carbocycles. The summed E-state index contributed by atoms with van der Waals surface area (Å²) in [4.78, 5) is 4.99. The van der Waals surface area contributed by atoms with Crippen LogP contribution in [0.1, 0.15) is 12.2 Å². The number of imidazole rings is 1. The largest absolute Gasteiger partial charge is 0.384 e. The molecular formula is C18H21N3O2S. The molecule has 0 aliphatic rings. The van der Waals surface area contributed by atoms with Gasteiger partial charge in [0.05, 0.1) is 21.6 Å². The normalized spacial score (nSPS) is 11.8. The second-order valence-electron chi connectivity index (χ2n) is 5.87. The van der Waals surface area contributed by atoms with Crippen LogP contribution in [0, 0.1) is 0 Å². The number of fused-ring (bicyclic) bond motifs is 1. The molecule has 0 atom stereocenters. The Morgan fingerprint density at radius 3 is 2.54 bits per heavy atom. The molecule has 0 bridgehead atoms. The fourth-order valence-corrected chi connectivity index (χ4v) is 3.69. The zero-order valence-corrected chi connectivity index (χ0v) is 14.7. The third kappa shape index (κ3) is 3.43. The Labute approximate surface area is 142 Å². The summed E-state index contributed by atoms with van der Waals surface area (Å²) in [5, 5.41) is 3.23. The third-order valence-electron chi connectivity index (χ3n) is 4.06. The smallest absolute Gasteiger partial charge is 0.177 e. The summed E-state index contributed by atoms with van der Waals surface area (Å²) >= 11 is 0. The summed E-state index contributed by atoms with van der Waals surface area (Å²) in [6.45, 7) is 0.690. The Kier molecular flexibility index (Phi) is 4.57. The van der Waals surface area contributed by atoms with Crippen molar-refractivity contribution in [3.8, 4) is 0 Å². The van der Waals surface area contributed by atoms with Crippen LogP contribution in [0.5, 0.6) is 0 Å². The van der Waals surface area contributed by atoms with Gasteiger partial charge in [-0.1, -0.05) is 24.3 Å². The van der Waals surface area contributed by atoms with E-state index < -0.39 is 9.84 Å². The maximum atomic E-state index is 11.8. The van der Waals surface area contributed by atoms with E-state index in [1.165, 1.54) is 6.26 Å². The summed E-state index contributed by atoms with van der Waals surface area (Å²) in [5.41, 5.74) is 2.79. The van der Waals surface area contributed by atoms with Crippen molar-refractivity contribution in [2.75, 3.05) is 18.1 Å². The fraction of sp³-hybridized carbons (Fsp3) is 0.278. The van der Waals surface area contributed by atoms with Crippen LogP contribution in [0.25, 0.3) is 11.0 Å². The lowest BCUT2D eigenvalue weighted by Gasteiger charge is -2.10. The van der Waals surface area contributed by atoms with Gasteiger partial charge in [0, 0.05) is 26.3 Å². The van der Waals surface area contributed by atoms with Gasteiger partial charge in [-0.15, -0.1) is 0 Å². The van der Waals surface area contributed by atoms with E-state index in [2.05, 4.69) is 20.9 Å². The number of rotatable bonds is 6. The van der Waals surface area contributed by atoms with Gasteiger partial charge in [-0.3, -0.25) is 0 Å². The van der Waals surface area contributed by atoms with E-state index in [0.29, 0.717) is 17.1 Å². The van der Waals surface area contributed by atoms with Crippen LogP contribution in [0.3, 0.4) is 0 Å². The summed E-state index contributed by atoms with van der Waals surface area (Å²) in [5.74, 6) is 1.04. The van der Waals surface area contributed by atoms with Crippen molar-refractivity contribution >= 4 is 26.6 Å². The molecule has 1 aromatic heterocycles. The molecule has 0 unspecified atom stereocenters. The Balaban J connectivity index is 1.64. The van der Waals surface area contributed by atoms with Crippen LogP contribution >= 0.6 is 0 Å². The predicted molar refractivity (Wildman–Crippen MR) is 97.1 cm³/mol. The van der Waals surface area contributed by atoms with Crippen molar-refractivity contribution in [3.05, 3.63) is 54.4 Å². The average Bonchev–Trinajstić information content (AvgIpc) is 2.88. The number of sulfone groups is 1. The number of nitrogens with one attached hydrogen (secondary N) is 1. The molecule has 0 aliphatic carbocycles. The minimum absolute atomic E-state index is 0.340. The van der Waals surface area contributed by atoms with Gasteiger partial charge < -0.3 is 9.88 Å². The van der Waals surface area contributed by atoms with Crippen LogP contribution in [0.4, 0.5) is 5.69 Å². The molecule has 0 fully saturated rings.